The van der Waals surface area contributed by atoms with E-state index in [4.69, 9.17) is 4.42 Å². The normalized spacial score (nSPS) is 10.3. The second-order valence-electron chi connectivity index (χ2n) is 2.73. The van der Waals surface area contributed by atoms with Gasteiger partial charge < -0.3 is 9.73 Å². The molecule has 12 heavy (non-hydrogen) atoms. The van der Waals surface area contributed by atoms with E-state index < -0.39 is 0 Å². The molecular weight excluding hydrogens is 222 g/mol. The first kappa shape index (κ1) is 9.32. The lowest BCUT2D eigenvalue weighted by molar-refractivity contribution is 0.0914. The van der Waals surface area contributed by atoms with E-state index in [1.807, 2.05) is 13.8 Å². The Balaban J connectivity index is 2.65. The van der Waals surface area contributed by atoms with Crippen molar-refractivity contribution >= 4 is 21.8 Å². The number of hydrogen-bond donors (Lipinski definition) is 1. The summed E-state index contributed by atoms with van der Waals surface area (Å²) in [7, 11) is 0. The third-order valence-electron chi connectivity index (χ3n) is 1.22. The minimum Gasteiger partial charge on any atom is -0.444 e. The molecule has 0 aliphatic rings. The van der Waals surface area contributed by atoms with Crippen molar-refractivity contribution in [2.75, 3.05) is 0 Å². The van der Waals surface area contributed by atoms with Gasteiger partial charge in [-0.1, -0.05) is 0 Å². The molecule has 0 unspecified atom stereocenters. The molecule has 0 aliphatic heterocycles. The van der Waals surface area contributed by atoms with Gasteiger partial charge in [0.25, 0.3) is 5.91 Å². The van der Waals surface area contributed by atoms with Gasteiger partial charge in [-0.05, 0) is 41.9 Å². The number of rotatable bonds is 2. The summed E-state index contributed by atoms with van der Waals surface area (Å²) < 4.78 is 5.62. The van der Waals surface area contributed by atoms with Crippen LogP contribution in [-0.2, 0) is 0 Å². The maximum atomic E-state index is 11.2. The standard InChI is InChI=1S/C8H10BrNO2/c1-5(2)10-8(11)6-3-4-7(9)12-6/h3-5H,1-2H3,(H,10,11). The van der Waals surface area contributed by atoms with Crippen molar-refractivity contribution in [2.24, 2.45) is 0 Å². The number of nitrogens with one attached hydrogen (secondary N) is 1. The van der Waals surface area contributed by atoms with Gasteiger partial charge in [0.1, 0.15) is 0 Å². The van der Waals surface area contributed by atoms with Gasteiger partial charge in [-0.15, -0.1) is 0 Å². The second-order valence-corrected chi connectivity index (χ2v) is 3.51. The van der Waals surface area contributed by atoms with Crippen LogP contribution in [0, 0.1) is 0 Å². The summed E-state index contributed by atoms with van der Waals surface area (Å²) in [5.74, 6) is 0.145. The SMILES string of the molecule is CC(C)NC(=O)c1ccc(Br)o1. The molecule has 0 fully saturated rings. The molecule has 0 aromatic carbocycles. The molecule has 4 heteroatoms. The first-order valence-electron chi connectivity index (χ1n) is 3.66. The highest BCUT2D eigenvalue weighted by molar-refractivity contribution is 9.10. The Morgan fingerprint density at radius 3 is 2.67 bits per heavy atom. The van der Waals surface area contributed by atoms with Gasteiger partial charge in [0.2, 0.25) is 0 Å². The lowest BCUT2D eigenvalue weighted by Crippen LogP contribution is -2.29. The summed E-state index contributed by atoms with van der Waals surface area (Å²) in [4.78, 5) is 11.2. The fraction of sp³-hybridized carbons (Fsp3) is 0.375. The highest BCUT2D eigenvalue weighted by atomic mass is 79.9. The molecule has 1 heterocycles. The minimum absolute atomic E-state index is 0.126. The van der Waals surface area contributed by atoms with Crippen LogP contribution in [0.1, 0.15) is 24.4 Å². The molecule has 1 amide bonds. The van der Waals surface area contributed by atoms with E-state index in [9.17, 15) is 4.79 Å². The quantitative estimate of drug-likeness (QED) is 0.849. The van der Waals surface area contributed by atoms with Crippen molar-refractivity contribution in [1.82, 2.24) is 5.32 Å². The van der Waals surface area contributed by atoms with Crippen molar-refractivity contribution in [1.29, 1.82) is 0 Å². The number of hydrogen-bond acceptors (Lipinski definition) is 2. The number of furan rings is 1. The van der Waals surface area contributed by atoms with Gasteiger partial charge in [0.15, 0.2) is 10.4 Å². The third-order valence-corrected chi connectivity index (χ3v) is 1.64. The van der Waals surface area contributed by atoms with Crippen LogP contribution < -0.4 is 5.32 Å². The largest absolute Gasteiger partial charge is 0.444 e. The monoisotopic (exact) mass is 231 g/mol. The van der Waals surface area contributed by atoms with E-state index in [0.29, 0.717) is 10.4 Å². The number of carbonyl (C=O) groups excluding carboxylic acids is 1. The molecule has 0 saturated carbocycles. The van der Waals surface area contributed by atoms with E-state index in [2.05, 4.69) is 21.2 Å². The van der Waals surface area contributed by atoms with E-state index in [0.717, 1.165) is 0 Å². The van der Waals surface area contributed by atoms with Crippen LogP contribution in [0.25, 0.3) is 0 Å². The molecule has 1 rings (SSSR count). The summed E-state index contributed by atoms with van der Waals surface area (Å²) in [6.45, 7) is 3.80. The lowest BCUT2D eigenvalue weighted by Gasteiger charge is -2.04. The van der Waals surface area contributed by atoms with Crippen LogP contribution in [0.5, 0.6) is 0 Å². The van der Waals surface area contributed by atoms with Crippen LogP contribution in [0.4, 0.5) is 0 Å². The molecule has 0 aliphatic carbocycles. The van der Waals surface area contributed by atoms with Crippen LogP contribution in [0.2, 0.25) is 0 Å². The van der Waals surface area contributed by atoms with Gasteiger partial charge in [-0.25, -0.2) is 0 Å². The summed E-state index contributed by atoms with van der Waals surface area (Å²) in [5.41, 5.74) is 0. The minimum atomic E-state index is -0.185. The maximum absolute atomic E-state index is 11.2. The summed E-state index contributed by atoms with van der Waals surface area (Å²) in [6, 6.07) is 3.44. The molecule has 1 N–H and O–H groups in total. The topological polar surface area (TPSA) is 42.2 Å². The number of amides is 1. The summed E-state index contributed by atoms with van der Waals surface area (Å²) in [6.07, 6.45) is 0. The Hall–Kier alpha value is -0.770. The van der Waals surface area contributed by atoms with E-state index >= 15 is 0 Å². The zero-order valence-electron chi connectivity index (χ0n) is 6.93. The molecule has 3 nitrogen and oxygen atoms in total. The lowest BCUT2D eigenvalue weighted by atomic mass is 10.3. The summed E-state index contributed by atoms with van der Waals surface area (Å²) in [5, 5.41) is 2.72. The Kier molecular flexibility index (Phi) is 2.92. The van der Waals surface area contributed by atoms with Gasteiger partial charge >= 0.3 is 0 Å². The fourth-order valence-corrected chi connectivity index (χ4v) is 1.08. The second kappa shape index (κ2) is 3.76. The first-order valence-corrected chi connectivity index (χ1v) is 4.45. The van der Waals surface area contributed by atoms with Crippen LogP contribution in [0.15, 0.2) is 21.2 Å². The van der Waals surface area contributed by atoms with Crippen molar-refractivity contribution in [3.8, 4) is 0 Å². The molecular formula is C8H10BrNO2. The molecule has 0 radical (unpaired) electrons. The van der Waals surface area contributed by atoms with E-state index in [1.54, 1.807) is 12.1 Å². The fourth-order valence-electron chi connectivity index (χ4n) is 0.770. The number of carbonyl (C=O) groups is 1. The van der Waals surface area contributed by atoms with Crippen LogP contribution >= 0.6 is 15.9 Å². The molecule has 0 spiro atoms. The molecule has 0 bridgehead atoms. The molecule has 0 atom stereocenters. The summed E-state index contributed by atoms with van der Waals surface area (Å²) >= 11 is 3.12. The molecule has 1 aromatic heterocycles. The zero-order chi connectivity index (χ0) is 9.14. The smallest absolute Gasteiger partial charge is 0.287 e. The molecule has 1 aromatic rings. The van der Waals surface area contributed by atoms with Crippen LogP contribution in [0.3, 0.4) is 0 Å². The number of halogens is 1. The van der Waals surface area contributed by atoms with Gasteiger partial charge in [-0.2, -0.15) is 0 Å². The Labute approximate surface area is 79.3 Å². The molecule has 66 valence electrons. The third kappa shape index (κ3) is 2.37. The first-order chi connectivity index (χ1) is 5.59. The van der Waals surface area contributed by atoms with Gasteiger partial charge in [0, 0.05) is 6.04 Å². The zero-order valence-corrected chi connectivity index (χ0v) is 8.51. The molecule has 0 saturated heterocycles. The average Bonchev–Trinajstić information content (AvgIpc) is 2.34. The predicted octanol–water partition coefficient (Wildman–Crippen LogP) is 2.18. The van der Waals surface area contributed by atoms with Crippen molar-refractivity contribution in [2.45, 2.75) is 19.9 Å². The van der Waals surface area contributed by atoms with Crippen molar-refractivity contribution in [3.05, 3.63) is 22.6 Å². The Morgan fingerprint density at radius 1 is 1.58 bits per heavy atom. The van der Waals surface area contributed by atoms with Gasteiger partial charge in [-0.3, -0.25) is 4.79 Å². The highest BCUT2D eigenvalue weighted by Crippen LogP contribution is 2.13. The van der Waals surface area contributed by atoms with Gasteiger partial charge in [0.05, 0.1) is 0 Å². The highest BCUT2D eigenvalue weighted by Gasteiger charge is 2.10. The Morgan fingerprint density at radius 2 is 2.25 bits per heavy atom. The average molecular weight is 232 g/mol. The van der Waals surface area contributed by atoms with E-state index in [1.165, 1.54) is 0 Å². The van der Waals surface area contributed by atoms with Crippen LogP contribution in [-0.4, -0.2) is 11.9 Å². The predicted molar refractivity (Wildman–Crippen MR) is 49.0 cm³/mol. The van der Waals surface area contributed by atoms with Crippen molar-refractivity contribution in [3.63, 3.8) is 0 Å². The Bertz CT molecular complexity index is 280. The van der Waals surface area contributed by atoms with E-state index in [-0.39, 0.29) is 11.9 Å². The maximum Gasteiger partial charge on any atom is 0.287 e. The van der Waals surface area contributed by atoms with Crippen molar-refractivity contribution < 1.29 is 9.21 Å².